The minimum atomic E-state index is -0.717. The third-order valence-electron chi connectivity index (χ3n) is 4.79. The van der Waals surface area contributed by atoms with E-state index in [0.717, 1.165) is 29.5 Å². The van der Waals surface area contributed by atoms with Crippen LogP contribution in [0.25, 0.3) is 11.1 Å². The number of rotatable bonds is 4. The van der Waals surface area contributed by atoms with Gasteiger partial charge >= 0.3 is 0 Å². The Bertz CT molecular complexity index is 905. The first-order chi connectivity index (χ1) is 12.5. The van der Waals surface area contributed by atoms with Gasteiger partial charge in [-0.15, -0.1) is 0 Å². The van der Waals surface area contributed by atoms with Crippen LogP contribution in [0, 0.1) is 6.92 Å². The van der Waals surface area contributed by atoms with Gasteiger partial charge in [-0.05, 0) is 31.4 Å². The molecular weight excluding hydrogens is 330 g/mol. The highest BCUT2D eigenvalue weighted by atomic mass is 16.2. The van der Waals surface area contributed by atoms with E-state index in [4.69, 9.17) is 0 Å². The lowest BCUT2D eigenvalue weighted by Crippen LogP contribution is -2.46. The molecule has 1 N–H and O–H groups in total. The molecule has 1 atom stereocenters. The number of nitrogens with zero attached hydrogens (tertiary/aromatic N) is 2. The van der Waals surface area contributed by atoms with Crippen LogP contribution >= 0.6 is 0 Å². The lowest BCUT2D eigenvalue weighted by molar-refractivity contribution is -0.126. The summed E-state index contributed by atoms with van der Waals surface area (Å²) in [6.07, 6.45) is 4.99. The first-order valence-electron chi connectivity index (χ1n) is 8.71. The molecule has 2 heterocycles. The van der Waals surface area contributed by atoms with Gasteiger partial charge in [0.25, 0.3) is 5.91 Å². The van der Waals surface area contributed by atoms with Gasteiger partial charge in [0.2, 0.25) is 11.8 Å². The van der Waals surface area contributed by atoms with Gasteiger partial charge < -0.3 is 4.90 Å². The van der Waals surface area contributed by atoms with Crippen molar-refractivity contribution < 1.29 is 14.4 Å². The predicted molar refractivity (Wildman–Crippen MR) is 95.2 cm³/mol. The first kappa shape index (κ1) is 16.4. The highest BCUT2D eigenvalue weighted by molar-refractivity contribution is 6.08. The number of hydrogen-bond acceptors (Lipinski definition) is 4. The number of aromatic nitrogens is 1. The molecule has 2 fully saturated rings. The smallest absolute Gasteiger partial charge is 0.256 e. The summed E-state index contributed by atoms with van der Waals surface area (Å²) in [6, 6.07) is 9.08. The maximum atomic E-state index is 13.1. The maximum Gasteiger partial charge on any atom is 0.256 e. The Balaban J connectivity index is 1.66. The van der Waals surface area contributed by atoms with Gasteiger partial charge in [-0.2, -0.15) is 0 Å². The van der Waals surface area contributed by atoms with Crippen molar-refractivity contribution in [3.63, 3.8) is 0 Å². The molecular formula is C20H19N3O3. The number of nitrogens with one attached hydrogen (secondary N) is 1. The molecule has 1 saturated carbocycles. The van der Waals surface area contributed by atoms with E-state index in [0.29, 0.717) is 5.56 Å². The number of amides is 3. The summed E-state index contributed by atoms with van der Waals surface area (Å²) in [4.78, 5) is 42.5. The van der Waals surface area contributed by atoms with Crippen molar-refractivity contribution in [2.75, 3.05) is 0 Å². The highest BCUT2D eigenvalue weighted by Gasteiger charge is 2.44. The average molecular weight is 349 g/mol. The molecule has 0 unspecified atom stereocenters. The Kier molecular flexibility index (Phi) is 4.03. The van der Waals surface area contributed by atoms with Gasteiger partial charge in [0.15, 0.2) is 0 Å². The summed E-state index contributed by atoms with van der Waals surface area (Å²) < 4.78 is 0. The molecule has 3 amide bonds. The van der Waals surface area contributed by atoms with Gasteiger partial charge in [-0.1, -0.05) is 29.8 Å². The summed E-state index contributed by atoms with van der Waals surface area (Å²) in [5.41, 5.74) is 3.39. The predicted octanol–water partition coefficient (Wildman–Crippen LogP) is 2.08. The molecule has 0 bridgehead atoms. The molecule has 0 radical (unpaired) electrons. The van der Waals surface area contributed by atoms with Gasteiger partial charge in [-0.25, -0.2) is 0 Å². The fourth-order valence-electron chi connectivity index (χ4n) is 3.37. The summed E-state index contributed by atoms with van der Waals surface area (Å²) in [5, 5.41) is 2.29. The molecule has 1 aromatic carbocycles. The average Bonchev–Trinajstić information content (AvgIpc) is 3.40. The topological polar surface area (TPSA) is 79.4 Å². The third-order valence-corrected chi connectivity index (χ3v) is 4.79. The quantitative estimate of drug-likeness (QED) is 0.857. The third kappa shape index (κ3) is 3.10. The summed E-state index contributed by atoms with van der Waals surface area (Å²) in [6.45, 7) is 2.01. The van der Waals surface area contributed by atoms with E-state index in [-0.39, 0.29) is 24.3 Å². The van der Waals surface area contributed by atoms with Crippen molar-refractivity contribution in [1.82, 2.24) is 15.2 Å². The SMILES string of the molecule is Cc1cccc(-c2cncc(C(=O)N(C3CC3)[C@H]3CC(=O)NC3=O)c2)c1. The lowest BCUT2D eigenvalue weighted by atomic mass is 10.0. The van der Waals surface area contributed by atoms with E-state index in [1.54, 1.807) is 17.2 Å². The van der Waals surface area contributed by atoms with Gasteiger partial charge in [-0.3, -0.25) is 24.7 Å². The Morgan fingerprint density at radius 3 is 2.62 bits per heavy atom. The fraction of sp³-hybridized carbons (Fsp3) is 0.300. The van der Waals surface area contributed by atoms with Gasteiger partial charge in [0, 0.05) is 24.0 Å². The van der Waals surface area contributed by atoms with Crippen LogP contribution in [0.2, 0.25) is 0 Å². The summed E-state index contributed by atoms with van der Waals surface area (Å²) in [5.74, 6) is -0.965. The van der Waals surface area contributed by atoms with Crippen molar-refractivity contribution in [2.45, 2.75) is 38.3 Å². The monoisotopic (exact) mass is 349 g/mol. The molecule has 4 rings (SSSR count). The van der Waals surface area contributed by atoms with Crippen molar-refractivity contribution in [3.8, 4) is 11.1 Å². The lowest BCUT2D eigenvalue weighted by Gasteiger charge is -2.26. The number of pyridine rings is 1. The number of carbonyl (C=O) groups is 3. The molecule has 26 heavy (non-hydrogen) atoms. The first-order valence-corrected chi connectivity index (χ1v) is 8.71. The van der Waals surface area contributed by atoms with E-state index in [9.17, 15) is 14.4 Å². The molecule has 132 valence electrons. The Morgan fingerprint density at radius 2 is 1.96 bits per heavy atom. The van der Waals surface area contributed by atoms with Crippen LogP contribution in [0.3, 0.4) is 0 Å². The van der Waals surface area contributed by atoms with E-state index in [1.807, 2.05) is 31.2 Å². The molecule has 0 spiro atoms. The van der Waals surface area contributed by atoms with Crippen molar-refractivity contribution in [1.29, 1.82) is 0 Å². The van der Waals surface area contributed by atoms with E-state index in [2.05, 4.69) is 10.3 Å². The molecule has 1 aliphatic heterocycles. The zero-order valence-corrected chi connectivity index (χ0v) is 14.4. The van der Waals surface area contributed by atoms with Gasteiger partial charge in [0.05, 0.1) is 12.0 Å². The van der Waals surface area contributed by atoms with Crippen LogP contribution in [0.15, 0.2) is 42.7 Å². The van der Waals surface area contributed by atoms with Crippen LogP contribution in [-0.2, 0) is 9.59 Å². The number of hydrogen-bond donors (Lipinski definition) is 1. The van der Waals surface area contributed by atoms with E-state index >= 15 is 0 Å². The highest BCUT2D eigenvalue weighted by Crippen LogP contribution is 2.32. The second kappa shape index (κ2) is 6.37. The van der Waals surface area contributed by atoms with Crippen LogP contribution in [0.1, 0.15) is 35.2 Å². The molecule has 1 aromatic heterocycles. The van der Waals surface area contributed by atoms with Crippen LogP contribution in [0.4, 0.5) is 0 Å². The summed E-state index contributed by atoms with van der Waals surface area (Å²) >= 11 is 0. The maximum absolute atomic E-state index is 13.1. The molecule has 6 heteroatoms. The van der Waals surface area contributed by atoms with Crippen molar-refractivity contribution >= 4 is 17.7 Å². The van der Waals surface area contributed by atoms with Gasteiger partial charge in [0.1, 0.15) is 6.04 Å². The largest absolute Gasteiger partial charge is 0.323 e. The van der Waals surface area contributed by atoms with Crippen LogP contribution in [-0.4, -0.2) is 39.7 Å². The second-order valence-electron chi connectivity index (χ2n) is 6.91. The van der Waals surface area contributed by atoms with E-state index < -0.39 is 11.9 Å². The number of benzene rings is 1. The molecule has 2 aromatic rings. The second-order valence-corrected chi connectivity index (χ2v) is 6.91. The Labute approximate surface area is 151 Å². The zero-order valence-electron chi connectivity index (χ0n) is 14.4. The minimum Gasteiger partial charge on any atom is -0.323 e. The van der Waals surface area contributed by atoms with E-state index in [1.165, 1.54) is 6.20 Å². The number of carbonyl (C=O) groups excluding carboxylic acids is 3. The Morgan fingerprint density at radius 1 is 1.15 bits per heavy atom. The van der Waals surface area contributed by atoms with Crippen molar-refractivity contribution in [3.05, 3.63) is 53.9 Å². The molecule has 2 aliphatic rings. The van der Waals surface area contributed by atoms with Crippen molar-refractivity contribution in [2.24, 2.45) is 0 Å². The fourth-order valence-corrected chi connectivity index (χ4v) is 3.37. The molecule has 6 nitrogen and oxygen atoms in total. The van der Waals surface area contributed by atoms with Crippen LogP contribution < -0.4 is 5.32 Å². The number of aryl methyl sites for hydroxylation is 1. The number of imide groups is 1. The summed E-state index contributed by atoms with van der Waals surface area (Å²) in [7, 11) is 0. The Hall–Kier alpha value is -3.02. The zero-order chi connectivity index (χ0) is 18.3. The minimum absolute atomic E-state index is 0.0202. The molecule has 1 aliphatic carbocycles. The molecule has 1 saturated heterocycles. The van der Waals surface area contributed by atoms with Crippen LogP contribution in [0.5, 0.6) is 0 Å². The normalized spacial score (nSPS) is 19.3. The standard InChI is InChI=1S/C20H19N3O3/c1-12-3-2-4-13(7-12)14-8-15(11-21-10-14)20(26)23(16-5-6-16)17-9-18(24)22-19(17)25/h2-4,7-8,10-11,16-17H,5-6,9H2,1H3,(H,22,24,25)/t17-/m0/s1.